The van der Waals surface area contributed by atoms with Gasteiger partial charge in [0.1, 0.15) is 6.54 Å². The van der Waals surface area contributed by atoms with Crippen LogP contribution < -0.4 is 10.2 Å². The highest BCUT2D eigenvalue weighted by Crippen LogP contribution is 2.62. The molecule has 3 heterocycles. The topological polar surface area (TPSA) is 90.8 Å². The summed E-state index contributed by atoms with van der Waals surface area (Å²) < 4.78 is 1.83. The molecule has 3 fully saturated rings. The molecule has 0 spiro atoms. The molecule has 4 aliphatic rings. The second-order valence-electron chi connectivity index (χ2n) is 11.9. The third kappa shape index (κ3) is 4.49. The van der Waals surface area contributed by atoms with Crippen molar-refractivity contribution < 1.29 is 14.4 Å². The van der Waals surface area contributed by atoms with Crippen molar-refractivity contribution in [1.82, 2.24) is 24.9 Å². The van der Waals surface area contributed by atoms with E-state index in [2.05, 4.69) is 49.2 Å². The third-order valence-electron chi connectivity index (χ3n) is 9.86. The van der Waals surface area contributed by atoms with E-state index in [-0.39, 0.29) is 30.2 Å². The summed E-state index contributed by atoms with van der Waals surface area (Å²) in [4.78, 5) is 45.3. The van der Waals surface area contributed by atoms with Gasteiger partial charge in [-0.2, -0.15) is 5.10 Å². The lowest BCUT2D eigenvalue weighted by Crippen LogP contribution is -2.50. The molecule has 0 bridgehead atoms. The number of rotatable bonds is 5. The third-order valence-corrected chi connectivity index (χ3v) is 9.86. The first kappa shape index (κ1) is 25.9. The number of piperidine rings is 1. The number of carbonyl (C=O) groups excluding carboxylic acids is 3. The Hall–Kier alpha value is -3.36. The molecule has 9 nitrogen and oxygen atoms in total. The first-order valence-corrected chi connectivity index (χ1v) is 14.5. The van der Waals surface area contributed by atoms with E-state index in [0.717, 1.165) is 30.8 Å². The van der Waals surface area contributed by atoms with Crippen molar-refractivity contribution >= 4 is 23.4 Å². The average molecular weight is 533 g/mol. The number of aryl methyl sites for hydroxylation is 1. The smallest absolute Gasteiger partial charge is 0.274 e. The Bertz CT molecular complexity index is 1300. The number of piperazine rings is 1. The van der Waals surface area contributed by atoms with Crippen molar-refractivity contribution in [3.63, 3.8) is 0 Å². The molecule has 1 aromatic heterocycles. The molecule has 3 unspecified atom stereocenters. The number of hydrogen-bond donors (Lipinski definition) is 1. The van der Waals surface area contributed by atoms with Gasteiger partial charge in [0.05, 0.1) is 0 Å². The number of anilines is 1. The highest BCUT2D eigenvalue weighted by atomic mass is 16.2. The predicted octanol–water partition coefficient (Wildman–Crippen LogP) is 2.35. The maximum absolute atomic E-state index is 13.6. The van der Waals surface area contributed by atoms with Crippen molar-refractivity contribution in [3.8, 4) is 0 Å². The molecule has 2 aromatic rings. The fourth-order valence-corrected chi connectivity index (χ4v) is 7.13. The number of benzene rings is 1. The van der Waals surface area contributed by atoms with Gasteiger partial charge in [-0.15, -0.1) is 0 Å². The number of nitrogens with one attached hydrogen (secondary N) is 1. The van der Waals surface area contributed by atoms with Gasteiger partial charge in [-0.25, -0.2) is 0 Å². The first-order chi connectivity index (χ1) is 18.8. The highest BCUT2D eigenvalue weighted by Gasteiger charge is 2.56. The van der Waals surface area contributed by atoms with Gasteiger partial charge in [-0.3, -0.25) is 19.1 Å². The molecule has 39 heavy (non-hydrogen) atoms. The lowest BCUT2D eigenvalue weighted by Gasteiger charge is -2.37. The van der Waals surface area contributed by atoms with E-state index in [4.69, 9.17) is 5.10 Å². The van der Waals surface area contributed by atoms with Crippen molar-refractivity contribution in [2.75, 3.05) is 51.2 Å². The summed E-state index contributed by atoms with van der Waals surface area (Å²) in [7, 11) is 1.66. The van der Waals surface area contributed by atoms with Gasteiger partial charge in [0, 0.05) is 69.2 Å². The zero-order chi connectivity index (χ0) is 27.4. The summed E-state index contributed by atoms with van der Waals surface area (Å²) in [5, 5.41) is 7.52. The number of fused-ring (bicyclic) bond motifs is 3. The van der Waals surface area contributed by atoms with E-state index in [1.165, 1.54) is 16.8 Å². The minimum absolute atomic E-state index is 0.0388. The first-order valence-electron chi connectivity index (χ1n) is 14.5. The molecule has 3 atom stereocenters. The van der Waals surface area contributed by atoms with Crippen molar-refractivity contribution in [1.29, 1.82) is 0 Å². The van der Waals surface area contributed by atoms with Gasteiger partial charge < -0.3 is 20.0 Å². The number of likely N-dealkylation sites (tertiary alicyclic amines) is 1. The van der Waals surface area contributed by atoms with Crippen LogP contribution in [0.1, 0.15) is 58.6 Å². The molecule has 0 radical (unpaired) electrons. The van der Waals surface area contributed by atoms with Crippen LogP contribution in [0.3, 0.4) is 0 Å². The molecule has 208 valence electrons. The summed E-state index contributed by atoms with van der Waals surface area (Å²) in [6.07, 6.45) is 2.24. The van der Waals surface area contributed by atoms with Crippen LogP contribution in [0.5, 0.6) is 0 Å². The normalized spacial score (nSPS) is 24.4. The molecule has 2 aliphatic heterocycles. The second kappa shape index (κ2) is 9.99. The molecular weight excluding hydrogens is 492 g/mol. The SMILES string of the molecule is CNC(=O)C1CCN(C(=O)c2nn(CC(=O)N3CCN(c4cccc(C)c4C)CC3)c3c2C2C(C)C2C3)CC1. The van der Waals surface area contributed by atoms with Crippen LogP contribution in [-0.2, 0) is 22.6 Å². The standard InChI is InChI=1S/C30H40N6O3/c1-18-6-5-7-23(19(18)2)33-12-14-34(15-13-33)25(37)17-36-24-16-22-20(3)26(22)27(24)28(32-36)30(39)35-10-8-21(9-11-35)29(38)31-4/h5-7,20-22,26H,8-17H2,1-4H3,(H,31,38). The van der Waals surface area contributed by atoms with Crippen molar-refractivity contribution in [2.45, 2.75) is 52.5 Å². The Morgan fingerprint density at radius 2 is 1.72 bits per heavy atom. The number of amides is 3. The van der Waals surface area contributed by atoms with Crippen LogP contribution in [0.25, 0.3) is 0 Å². The highest BCUT2D eigenvalue weighted by molar-refractivity contribution is 5.95. The van der Waals surface area contributed by atoms with Crippen molar-refractivity contribution in [2.24, 2.45) is 17.8 Å². The molecule has 2 saturated heterocycles. The van der Waals surface area contributed by atoms with Crippen LogP contribution in [0, 0.1) is 31.6 Å². The Labute approximate surface area is 230 Å². The molecule has 2 aliphatic carbocycles. The van der Waals surface area contributed by atoms with Crippen LogP contribution in [-0.4, -0.2) is 83.6 Å². The van der Waals surface area contributed by atoms with Crippen LogP contribution >= 0.6 is 0 Å². The molecule has 1 saturated carbocycles. The van der Waals surface area contributed by atoms with Gasteiger partial charge in [0.15, 0.2) is 5.69 Å². The Balaban J connectivity index is 1.14. The zero-order valence-corrected chi connectivity index (χ0v) is 23.6. The minimum atomic E-state index is -0.0466. The maximum atomic E-state index is 13.6. The van der Waals surface area contributed by atoms with Gasteiger partial charge in [-0.05, 0) is 68.1 Å². The zero-order valence-electron chi connectivity index (χ0n) is 23.6. The summed E-state index contributed by atoms with van der Waals surface area (Å²) in [5.41, 5.74) is 6.53. The number of nitrogens with zero attached hydrogens (tertiary/aromatic N) is 5. The lowest BCUT2D eigenvalue weighted by molar-refractivity contribution is -0.132. The van der Waals surface area contributed by atoms with Gasteiger partial charge >= 0.3 is 0 Å². The van der Waals surface area contributed by atoms with E-state index in [1.54, 1.807) is 7.05 Å². The average Bonchev–Trinajstić information content (AvgIpc) is 3.25. The van der Waals surface area contributed by atoms with Gasteiger partial charge in [0.2, 0.25) is 11.8 Å². The fraction of sp³-hybridized carbons (Fsp3) is 0.600. The number of carbonyl (C=O) groups is 3. The molecule has 6 rings (SSSR count). The van der Waals surface area contributed by atoms with E-state index in [1.807, 2.05) is 14.5 Å². The molecular formula is C30H40N6O3. The Morgan fingerprint density at radius 3 is 2.41 bits per heavy atom. The Morgan fingerprint density at radius 1 is 1.00 bits per heavy atom. The molecule has 1 aromatic carbocycles. The summed E-state index contributed by atoms with van der Waals surface area (Å²) in [5.74, 6) is 1.54. The van der Waals surface area contributed by atoms with Gasteiger partial charge in [0.25, 0.3) is 5.91 Å². The van der Waals surface area contributed by atoms with Crippen LogP contribution in [0.4, 0.5) is 5.69 Å². The minimum Gasteiger partial charge on any atom is -0.368 e. The molecule has 1 N–H and O–H groups in total. The number of aromatic nitrogens is 2. The molecule has 3 amide bonds. The lowest BCUT2D eigenvalue weighted by atomic mass is 9.95. The van der Waals surface area contributed by atoms with Crippen LogP contribution in [0.2, 0.25) is 0 Å². The van der Waals surface area contributed by atoms with E-state index < -0.39 is 0 Å². The Kier molecular flexibility index (Phi) is 6.63. The summed E-state index contributed by atoms with van der Waals surface area (Å²) in [6, 6.07) is 6.40. The van der Waals surface area contributed by atoms with Gasteiger partial charge in [-0.1, -0.05) is 19.1 Å². The summed E-state index contributed by atoms with van der Waals surface area (Å²) >= 11 is 0. The van der Waals surface area contributed by atoms with Crippen molar-refractivity contribution in [3.05, 3.63) is 46.3 Å². The predicted molar refractivity (Wildman–Crippen MR) is 149 cm³/mol. The largest absolute Gasteiger partial charge is 0.368 e. The summed E-state index contributed by atoms with van der Waals surface area (Å²) in [6.45, 7) is 10.8. The quantitative estimate of drug-likeness (QED) is 0.639. The maximum Gasteiger partial charge on any atom is 0.274 e. The van der Waals surface area contributed by atoms with E-state index >= 15 is 0 Å². The van der Waals surface area contributed by atoms with E-state index in [9.17, 15) is 14.4 Å². The fourth-order valence-electron chi connectivity index (χ4n) is 7.13. The van der Waals surface area contributed by atoms with Crippen LogP contribution in [0.15, 0.2) is 18.2 Å². The second-order valence-corrected chi connectivity index (χ2v) is 11.9. The molecule has 9 heteroatoms. The number of hydrogen-bond acceptors (Lipinski definition) is 5. The monoisotopic (exact) mass is 532 g/mol. The van der Waals surface area contributed by atoms with E-state index in [0.29, 0.717) is 62.5 Å².